The molecule has 0 saturated carbocycles. The van der Waals surface area contributed by atoms with E-state index in [1.807, 2.05) is 0 Å². The van der Waals surface area contributed by atoms with Crippen LogP contribution in [0.15, 0.2) is 42.5 Å². The molecule has 1 spiro atoms. The topological polar surface area (TPSA) is 133 Å². The predicted octanol–water partition coefficient (Wildman–Crippen LogP) is 3.11. The van der Waals surface area contributed by atoms with Gasteiger partial charge in [-0.3, -0.25) is 9.59 Å². The summed E-state index contributed by atoms with van der Waals surface area (Å²) >= 11 is 0. The van der Waals surface area contributed by atoms with Crippen LogP contribution in [0.5, 0.6) is 11.5 Å². The number of fused-ring (bicyclic) bond motifs is 2. The third kappa shape index (κ3) is 5.32. The van der Waals surface area contributed by atoms with Gasteiger partial charge in [-0.25, -0.2) is 14.5 Å². The number of benzene rings is 2. The molecule has 1 atom stereocenters. The average molecular weight is 554 g/mol. The zero-order valence-electron chi connectivity index (χ0n) is 22.7. The monoisotopic (exact) mass is 553 g/mol. The van der Waals surface area contributed by atoms with Gasteiger partial charge in [0, 0.05) is 12.0 Å². The first-order valence-corrected chi connectivity index (χ1v) is 12.9. The number of anilines is 2. The van der Waals surface area contributed by atoms with Gasteiger partial charge in [-0.2, -0.15) is 0 Å². The van der Waals surface area contributed by atoms with Crippen molar-refractivity contribution in [1.29, 1.82) is 0 Å². The molecule has 2 aromatic carbocycles. The molecule has 2 aromatic rings. The fraction of sp³-hybridized carbons (Fsp3) is 0.429. The summed E-state index contributed by atoms with van der Waals surface area (Å²) in [5.74, 6) is -1.98. The van der Waals surface area contributed by atoms with Crippen LogP contribution in [0.2, 0.25) is 0 Å². The van der Waals surface area contributed by atoms with Gasteiger partial charge >= 0.3 is 12.1 Å². The van der Waals surface area contributed by atoms with Crippen LogP contribution in [-0.2, 0) is 28.5 Å². The Kier molecular flexibility index (Phi) is 7.15. The van der Waals surface area contributed by atoms with Crippen LogP contribution in [0.4, 0.5) is 16.2 Å². The highest BCUT2D eigenvalue weighted by molar-refractivity contribution is 6.03. The van der Waals surface area contributed by atoms with Crippen molar-refractivity contribution in [1.82, 2.24) is 10.2 Å². The molecule has 0 aliphatic carbocycles. The minimum Gasteiger partial charge on any atom is -0.467 e. The highest BCUT2D eigenvalue weighted by atomic mass is 16.7. The highest BCUT2D eigenvalue weighted by Crippen LogP contribution is 2.47. The Balaban J connectivity index is 1.31. The summed E-state index contributed by atoms with van der Waals surface area (Å²) in [6, 6.07) is 10.7. The van der Waals surface area contributed by atoms with Crippen molar-refractivity contribution in [3.8, 4) is 11.5 Å². The maximum absolute atomic E-state index is 13.1. The molecular formula is C28H31N3O9. The number of nitrogens with zero attached hydrogens (tertiary/aromatic N) is 2. The Hall–Kier alpha value is -4.16. The molecule has 2 fully saturated rings. The van der Waals surface area contributed by atoms with E-state index < -0.39 is 41.3 Å². The lowest BCUT2D eigenvalue weighted by atomic mass is 10.1. The summed E-state index contributed by atoms with van der Waals surface area (Å²) in [4.78, 5) is 54.3. The zero-order valence-corrected chi connectivity index (χ0v) is 22.7. The molecule has 40 heavy (non-hydrogen) atoms. The Morgan fingerprint density at radius 3 is 2.42 bits per heavy atom. The highest BCUT2D eigenvalue weighted by Gasteiger charge is 2.53. The van der Waals surface area contributed by atoms with E-state index in [2.05, 4.69) is 5.32 Å². The van der Waals surface area contributed by atoms with E-state index in [0.717, 1.165) is 0 Å². The van der Waals surface area contributed by atoms with Gasteiger partial charge in [-0.05, 0) is 51.1 Å². The van der Waals surface area contributed by atoms with Gasteiger partial charge < -0.3 is 33.9 Å². The van der Waals surface area contributed by atoms with Crippen molar-refractivity contribution in [2.75, 3.05) is 38.3 Å². The molecule has 3 aliphatic heterocycles. The number of nitrogens with one attached hydrogen (secondary N) is 1. The van der Waals surface area contributed by atoms with Gasteiger partial charge in [0.05, 0.1) is 44.8 Å². The third-order valence-electron chi connectivity index (χ3n) is 6.66. The smallest absolute Gasteiger partial charge is 0.419 e. The second kappa shape index (κ2) is 10.4. The second-order valence-corrected chi connectivity index (χ2v) is 10.6. The fourth-order valence-corrected chi connectivity index (χ4v) is 4.92. The van der Waals surface area contributed by atoms with Gasteiger partial charge in [0.25, 0.3) is 5.91 Å². The molecule has 3 heterocycles. The Morgan fingerprint density at radius 2 is 1.73 bits per heavy atom. The van der Waals surface area contributed by atoms with Crippen molar-refractivity contribution in [2.24, 2.45) is 0 Å². The van der Waals surface area contributed by atoms with E-state index in [-0.39, 0.29) is 30.8 Å². The lowest BCUT2D eigenvalue weighted by Crippen LogP contribution is -2.46. The zero-order chi connectivity index (χ0) is 28.7. The van der Waals surface area contributed by atoms with Crippen LogP contribution in [0.25, 0.3) is 0 Å². The quantitative estimate of drug-likeness (QED) is 0.567. The number of amides is 3. The molecule has 0 aromatic heterocycles. The van der Waals surface area contributed by atoms with Crippen molar-refractivity contribution < 1.29 is 42.9 Å². The van der Waals surface area contributed by atoms with E-state index in [4.69, 9.17) is 23.7 Å². The standard InChI is InChI=1S/C28H31N3O9/c1-27(2,3)40-26(35)31-18-7-5-6-8-21(18)39-22-13-17(9-10-19(22)31)24(33)29-15-23(32)30-16-28(37-11-12-38-28)14-20(30)25(34)36-4/h5-10,13,20H,11-12,14-16H2,1-4H3,(H,29,33)/t20-/m0/s1. The van der Waals surface area contributed by atoms with Gasteiger partial charge in [0.1, 0.15) is 11.6 Å². The van der Waals surface area contributed by atoms with E-state index in [1.54, 1.807) is 51.1 Å². The van der Waals surface area contributed by atoms with Crippen LogP contribution in [0.1, 0.15) is 37.6 Å². The molecule has 212 valence electrons. The van der Waals surface area contributed by atoms with Crippen molar-refractivity contribution in [3.63, 3.8) is 0 Å². The first-order valence-electron chi connectivity index (χ1n) is 12.9. The summed E-state index contributed by atoms with van der Waals surface area (Å²) in [5.41, 5.74) is 0.389. The second-order valence-electron chi connectivity index (χ2n) is 10.6. The number of esters is 1. The molecule has 3 aliphatic rings. The summed E-state index contributed by atoms with van der Waals surface area (Å²) < 4.78 is 27.8. The molecule has 2 saturated heterocycles. The minimum absolute atomic E-state index is 0.0497. The van der Waals surface area contributed by atoms with Crippen LogP contribution in [0.3, 0.4) is 0 Å². The lowest BCUT2D eigenvalue weighted by molar-refractivity contribution is -0.152. The first-order chi connectivity index (χ1) is 19.0. The number of carbonyl (C=O) groups excluding carboxylic acids is 4. The summed E-state index contributed by atoms with van der Waals surface area (Å²) in [6.07, 6.45) is -0.442. The van der Waals surface area contributed by atoms with Crippen LogP contribution in [-0.4, -0.2) is 79.6 Å². The van der Waals surface area contributed by atoms with Crippen molar-refractivity contribution in [3.05, 3.63) is 48.0 Å². The number of likely N-dealkylation sites (tertiary alicyclic amines) is 1. The van der Waals surface area contributed by atoms with E-state index in [1.165, 1.54) is 29.0 Å². The van der Waals surface area contributed by atoms with E-state index in [9.17, 15) is 19.2 Å². The third-order valence-corrected chi connectivity index (χ3v) is 6.66. The summed E-state index contributed by atoms with van der Waals surface area (Å²) in [6.45, 7) is 5.73. The molecule has 3 amide bonds. The van der Waals surface area contributed by atoms with Gasteiger partial charge in [-0.15, -0.1) is 0 Å². The maximum atomic E-state index is 13.1. The van der Waals surface area contributed by atoms with Crippen LogP contribution >= 0.6 is 0 Å². The molecule has 5 rings (SSSR count). The van der Waals surface area contributed by atoms with Crippen molar-refractivity contribution in [2.45, 2.75) is 44.6 Å². The van der Waals surface area contributed by atoms with Gasteiger partial charge in [0.15, 0.2) is 17.3 Å². The average Bonchev–Trinajstić information content (AvgIpc) is 3.54. The molecule has 0 radical (unpaired) electrons. The van der Waals surface area contributed by atoms with Crippen LogP contribution < -0.4 is 15.0 Å². The predicted molar refractivity (Wildman–Crippen MR) is 140 cm³/mol. The minimum atomic E-state index is -1.05. The number of carbonyl (C=O) groups is 4. The number of para-hydroxylation sites is 2. The number of methoxy groups -OCH3 is 1. The van der Waals surface area contributed by atoms with E-state index >= 15 is 0 Å². The molecular weight excluding hydrogens is 522 g/mol. The molecule has 12 nitrogen and oxygen atoms in total. The number of hydrogen-bond donors (Lipinski definition) is 1. The maximum Gasteiger partial charge on any atom is 0.419 e. The summed E-state index contributed by atoms with van der Waals surface area (Å²) in [7, 11) is 1.24. The number of ether oxygens (including phenoxy) is 5. The number of rotatable bonds is 4. The molecule has 0 unspecified atom stereocenters. The van der Waals surface area contributed by atoms with Crippen LogP contribution in [0, 0.1) is 0 Å². The van der Waals surface area contributed by atoms with Crippen molar-refractivity contribution >= 4 is 35.3 Å². The molecule has 0 bridgehead atoms. The molecule has 12 heteroatoms. The SMILES string of the molecule is COC(=O)[C@@H]1CC2(CN1C(=O)CNC(=O)c1ccc3c(c1)Oc1ccccc1N3C(=O)OC(C)(C)C)OCCO2. The largest absolute Gasteiger partial charge is 0.467 e. The Labute approximate surface area is 231 Å². The molecule has 1 N–H and O–H groups in total. The first kappa shape index (κ1) is 27.4. The number of hydrogen-bond acceptors (Lipinski definition) is 9. The normalized spacial score (nSPS) is 18.9. The van der Waals surface area contributed by atoms with Gasteiger partial charge in [0.2, 0.25) is 5.91 Å². The van der Waals surface area contributed by atoms with E-state index in [0.29, 0.717) is 30.3 Å². The Morgan fingerprint density at radius 1 is 1.02 bits per heavy atom. The summed E-state index contributed by atoms with van der Waals surface area (Å²) in [5, 5.41) is 2.60. The lowest BCUT2D eigenvalue weighted by Gasteiger charge is -2.32. The van der Waals surface area contributed by atoms with Gasteiger partial charge in [-0.1, -0.05) is 12.1 Å². The fourth-order valence-electron chi connectivity index (χ4n) is 4.92. The Bertz CT molecular complexity index is 1350.